The van der Waals surface area contributed by atoms with Crippen LogP contribution in [0.25, 0.3) is 45.3 Å². The predicted octanol–water partition coefficient (Wildman–Crippen LogP) is 12.7. The topological polar surface area (TPSA) is 317 Å². The average molecular weight is 1610 g/mol. The third-order valence-corrected chi connectivity index (χ3v) is 24.6. The number of nitrogens with one attached hydrogen (secondary N) is 1. The van der Waals surface area contributed by atoms with Crippen molar-refractivity contribution in [3.63, 3.8) is 0 Å². The second-order valence-corrected chi connectivity index (χ2v) is 33.9. The number of fused-ring (bicyclic) bond motifs is 19. The molecule has 614 valence electrons. The van der Waals surface area contributed by atoms with Crippen molar-refractivity contribution in [1.29, 1.82) is 0 Å². The van der Waals surface area contributed by atoms with Crippen LogP contribution in [0, 0.1) is 58.2 Å². The number of aromatic nitrogens is 6. The van der Waals surface area contributed by atoms with E-state index >= 15 is 0 Å². The molecule has 114 heavy (non-hydrogen) atoms. The zero-order chi connectivity index (χ0) is 80.2. The number of carbonyl (C=O) groups is 7. The molecule has 1 N–H and O–H groups in total. The Bertz CT molecular complexity index is 4370. The van der Waals surface area contributed by atoms with Gasteiger partial charge in [0, 0.05) is 44.0 Å². The molecule has 8 bridgehead atoms. The summed E-state index contributed by atoms with van der Waals surface area (Å²) in [5.74, 6) is 1.57. The lowest BCUT2D eigenvalue weighted by molar-refractivity contribution is -0.162. The molecule has 0 spiro atoms. The van der Waals surface area contributed by atoms with E-state index in [1.165, 1.54) is 44.0 Å². The zero-order valence-electron chi connectivity index (χ0n) is 67.1. The minimum absolute atomic E-state index is 0. The Labute approximate surface area is 676 Å². The largest absolute Gasteiger partial charge is 0.497 e. The second kappa shape index (κ2) is 36.3. The summed E-state index contributed by atoms with van der Waals surface area (Å²) in [6.45, 7) is 12.5. The van der Waals surface area contributed by atoms with Gasteiger partial charge in [-0.2, -0.15) is 0 Å². The van der Waals surface area contributed by atoms with Crippen LogP contribution < -0.4 is 33.7 Å². The molecule has 27 nitrogen and oxygen atoms in total. The Morgan fingerprint density at radius 3 is 1.32 bits per heavy atom. The van der Waals surface area contributed by atoms with E-state index < -0.39 is 58.9 Å². The highest BCUT2D eigenvalue weighted by molar-refractivity contribution is 6.31. The van der Waals surface area contributed by atoms with Crippen LogP contribution in [0.5, 0.6) is 34.9 Å². The molecule has 29 heteroatoms. The maximum atomic E-state index is 14.3. The number of benzene rings is 3. The molecule has 3 aromatic carbocycles. The van der Waals surface area contributed by atoms with Gasteiger partial charge in [-0.3, -0.25) is 24.0 Å². The van der Waals surface area contributed by atoms with E-state index in [4.69, 9.17) is 83.6 Å². The summed E-state index contributed by atoms with van der Waals surface area (Å²) >= 11 is 6.14. The van der Waals surface area contributed by atoms with Crippen molar-refractivity contribution in [3.8, 4) is 34.9 Å². The van der Waals surface area contributed by atoms with E-state index in [0.29, 0.717) is 122 Å². The smallest absolute Gasteiger partial charge is 0.328 e. The maximum absolute atomic E-state index is 14.3. The Kier molecular flexibility index (Phi) is 26.8. The fourth-order valence-corrected chi connectivity index (χ4v) is 18.5. The van der Waals surface area contributed by atoms with E-state index in [-0.39, 0.29) is 116 Å². The fourth-order valence-electron chi connectivity index (χ4n) is 18.3. The molecule has 7 fully saturated rings. The molecule has 3 saturated heterocycles. The summed E-state index contributed by atoms with van der Waals surface area (Å²) < 4.78 is 62.1. The predicted molar refractivity (Wildman–Crippen MR) is 426 cm³/mol. The van der Waals surface area contributed by atoms with Crippen molar-refractivity contribution >= 4 is 111 Å². The van der Waals surface area contributed by atoms with E-state index in [2.05, 4.69) is 27.4 Å². The van der Waals surface area contributed by atoms with Crippen molar-refractivity contribution in [3.05, 3.63) is 83.3 Å². The fraction of sp³-hybridized carbons (Fsp3) is 0.588. The Morgan fingerprint density at radius 2 is 0.904 bits per heavy atom. The van der Waals surface area contributed by atoms with Crippen LogP contribution >= 0.6 is 24.0 Å². The number of amides is 2. The van der Waals surface area contributed by atoms with E-state index in [1.54, 1.807) is 39.5 Å². The number of hydrogen-bond donors (Lipinski definition) is 1. The Hall–Kier alpha value is -9.21. The molecule has 9 aliphatic rings. The first-order valence-corrected chi connectivity index (χ1v) is 40.1. The minimum atomic E-state index is -0.849. The highest BCUT2D eigenvalue weighted by Gasteiger charge is 2.53. The molecule has 15 rings (SSSR count). The lowest BCUT2D eigenvalue weighted by Crippen LogP contribution is -2.48. The summed E-state index contributed by atoms with van der Waals surface area (Å²) in [6.07, 6.45) is 19.8. The summed E-state index contributed by atoms with van der Waals surface area (Å²) in [6, 6.07) is 14.3. The molecular formula is C85H107Cl2N9O18. The van der Waals surface area contributed by atoms with Gasteiger partial charge < -0.3 is 67.2 Å². The van der Waals surface area contributed by atoms with Crippen molar-refractivity contribution in [2.45, 2.75) is 199 Å². The average Bonchev–Trinajstić information content (AvgIpc) is 1.59. The molecule has 4 aliphatic carbocycles. The van der Waals surface area contributed by atoms with Gasteiger partial charge in [0.15, 0.2) is 5.15 Å². The standard InChI is InChI=1S/2C35H45N3O7.C15H16ClN3O4.ClH/c2*1-35(2,3)25-18-30(39)45-31-21-12-11-20(15-21)24(31)9-7-6-8-10-27-32(37-28-16-22(42-4)13-14-26(28)36-27)44-23-17-29(34(41)43-5)38(19-23)33(25)40;1-21-8-3-4-10-11(5-8)19-14(13(16)18-10)23-9-6-12(17-7-9)15(20)22-2;/h2*8,10,13-14,16,20-21,23-25,29,31H,6-7,9,11-12,15,17-19H2,1-5H3;3-5,9,12,17H,6-7H2,1-2H3;1H/b2*10-8+;;/t20-,21+,23+,24-,25+,29-,31-;20-,21+,23-,24-,25-,29+,31-;9-,12+;/m011./s1. The number of rotatable bonds is 8. The number of nitrogens with zero attached hydrogens (tertiary/aromatic N) is 8. The Balaban J connectivity index is 0.000000166. The summed E-state index contributed by atoms with van der Waals surface area (Å²) in [4.78, 5) is 124. The van der Waals surface area contributed by atoms with Crippen LogP contribution in [0.4, 0.5) is 0 Å². The van der Waals surface area contributed by atoms with Crippen LogP contribution in [0.3, 0.4) is 0 Å². The van der Waals surface area contributed by atoms with Crippen LogP contribution in [0.1, 0.15) is 162 Å². The SMILES string of the molecule is COC(=O)[C@@H]1C[C@@H](Oc2nc3cc(OC)ccc3nc2Cl)CN1.COC(=O)[C@@H]1C[C@@H]2CN1C(=O)[C@H](C(C)(C)C)CC(=O)O[C@@H]1[C@H]3CC[C@H](C3)[C@H]1CCC/C=C/c1nc3ccc(OC)cc3nc1O2.COC(=O)[C@@H]1C[C@@H]2CN1C(=O)[C@H](C(C)(C)C)CC(=O)O[C@H]1[C@@H]3CC[C@@H](C3)[C@@H]1CCC/C=C/c1nc3ccc(OC)cc3nc1O2.Cl. The lowest BCUT2D eigenvalue weighted by Gasteiger charge is -2.35. The van der Waals surface area contributed by atoms with Gasteiger partial charge >= 0.3 is 29.8 Å². The number of esters is 5. The molecule has 3 aromatic heterocycles. The zero-order valence-corrected chi connectivity index (χ0v) is 68.7. The highest BCUT2D eigenvalue weighted by atomic mass is 35.5. The first-order chi connectivity index (χ1) is 54.2. The van der Waals surface area contributed by atoms with Crippen molar-refractivity contribution in [2.24, 2.45) is 58.2 Å². The monoisotopic (exact) mass is 1610 g/mol. The number of methoxy groups -OCH3 is 6. The van der Waals surface area contributed by atoms with E-state index in [9.17, 15) is 33.6 Å². The van der Waals surface area contributed by atoms with Gasteiger partial charge in [0.05, 0.1) is 114 Å². The third-order valence-electron chi connectivity index (χ3n) is 24.3. The van der Waals surface area contributed by atoms with Crippen molar-refractivity contribution in [1.82, 2.24) is 45.0 Å². The van der Waals surface area contributed by atoms with Crippen LogP contribution in [0.15, 0.2) is 66.7 Å². The van der Waals surface area contributed by atoms with Crippen LogP contribution in [0.2, 0.25) is 5.15 Å². The molecule has 5 aliphatic heterocycles. The van der Waals surface area contributed by atoms with Crippen LogP contribution in [-0.4, -0.2) is 192 Å². The second-order valence-electron chi connectivity index (χ2n) is 33.5. The van der Waals surface area contributed by atoms with Gasteiger partial charge in [-0.15, -0.1) is 12.4 Å². The summed E-state index contributed by atoms with van der Waals surface area (Å²) in [5.41, 5.74) is 4.01. The molecule has 0 radical (unpaired) electrons. The quantitative estimate of drug-likeness (QED) is 0.109. The van der Waals surface area contributed by atoms with Gasteiger partial charge in [0.1, 0.15) is 77.3 Å². The first-order valence-electron chi connectivity index (χ1n) is 39.7. The first kappa shape index (κ1) is 84.2. The maximum Gasteiger partial charge on any atom is 0.328 e. The van der Waals surface area contributed by atoms with Gasteiger partial charge in [-0.05, 0) is 172 Å². The van der Waals surface area contributed by atoms with Crippen molar-refractivity contribution in [2.75, 3.05) is 62.3 Å². The molecule has 2 amide bonds. The molecule has 4 saturated carbocycles. The summed E-state index contributed by atoms with van der Waals surface area (Å²) in [7, 11) is 8.77. The van der Waals surface area contributed by atoms with E-state index in [0.717, 1.165) is 64.2 Å². The molecule has 8 heterocycles. The number of carbonyl (C=O) groups excluding carboxylic acids is 7. The number of halogens is 2. The van der Waals surface area contributed by atoms with Gasteiger partial charge in [0.25, 0.3) is 5.88 Å². The third kappa shape index (κ3) is 19.0. The molecular weight excluding hydrogens is 1510 g/mol. The lowest BCUT2D eigenvalue weighted by atomic mass is 9.77. The van der Waals surface area contributed by atoms with E-state index in [1.807, 2.05) is 90.1 Å². The molecule has 16 atom stereocenters. The minimum Gasteiger partial charge on any atom is -0.497 e. The summed E-state index contributed by atoms with van der Waals surface area (Å²) in [5, 5.41) is 3.23. The number of ether oxygens (including phenoxy) is 11. The van der Waals surface area contributed by atoms with Crippen molar-refractivity contribution < 1.29 is 85.7 Å². The van der Waals surface area contributed by atoms with Gasteiger partial charge in [-0.1, -0.05) is 65.3 Å². The van der Waals surface area contributed by atoms with Gasteiger partial charge in [0.2, 0.25) is 23.6 Å². The van der Waals surface area contributed by atoms with Crippen LogP contribution in [-0.2, 0) is 57.2 Å². The number of allylic oxidation sites excluding steroid dienone is 2. The normalized spacial score (nSPS) is 28.9. The van der Waals surface area contributed by atoms with Gasteiger partial charge in [-0.25, -0.2) is 39.5 Å². The molecule has 6 aromatic rings. The Morgan fingerprint density at radius 1 is 0.491 bits per heavy atom. The number of hydrogen-bond acceptors (Lipinski definition) is 25. The molecule has 0 unspecified atom stereocenters. The highest BCUT2D eigenvalue weighted by Crippen LogP contribution is 2.54.